The zero-order chi connectivity index (χ0) is 14.6. The molecule has 0 aliphatic carbocycles. The molecule has 1 N–H and O–H groups in total. The third-order valence-electron chi connectivity index (χ3n) is 4.96. The summed E-state index contributed by atoms with van der Waals surface area (Å²) >= 11 is 0. The van der Waals surface area contributed by atoms with Gasteiger partial charge in [0, 0.05) is 32.8 Å². The number of ether oxygens (including phenoxy) is 3. The summed E-state index contributed by atoms with van der Waals surface area (Å²) in [6, 6.07) is 0.369. The predicted molar refractivity (Wildman–Crippen MR) is 80.0 cm³/mol. The number of hydrogen-bond acceptors (Lipinski definition) is 4. The lowest BCUT2D eigenvalue weighted by molar-refractivity contribution is -0.121. The van der Waals surface area contributed by atoms with Crippen molar-refractivity contribution < 1.29 is 14.2 Å². The average Bonchev–Trinajstić information content (AvgIpc) is 2.87. The Morgan fingerprint density at radius 2 is 2.20 bits per heavy atom. The maximum atomic E-state index is 6.06. The number of methoxy groups -OCH3 is 1. The largest absolute Gasteiger partial charge is 0.378 e. The quantitative estimate of drug-likeness (QED) is 0.813. The molecule has 20 heavy (non-hydrogen) atoms. The van der Waals surface area contributed by atoms with Gasteiger partial charge in [0.2, 0.25) is 0 Å². The molecular formula is C16H31NO3. The van der Waals surface area contributed by atoms with E-state index in [1.165, 1.54) is 0 Å². The van der Waals surface area contributed by atoms with Gasteiger partial charge < -0.3 is 19.5 Å². The van der Waals surface area contributed by atoms with Gasteiger partial charge in [0.1, 0.15) is 0 Å². The van der Waals surface area contributed by atoms with Crippen molar-refractivity contribution >= 4 is 0 Å². The van der Waals surface area contributed by atoms with Crippen LogP contribution in [0.5, 0.6) is 0 Å². The zero-order valence-corrected chi connectivity index (χ0v) is 13.5. The molecule has 4 nitrogen and oxygen atoms in total. The molecule has 2 aliphatic heterocycles. The minimum absolute atomic E-state index is 0.0289. The Balaban J connectivity index is 2.07. The Bertz CT molecular complexity index is 300. The van der Waals surface area contributed by atoms with E-state index in [2.05, 4.69) is 26.1 Å². The molecule has 1 spiro atoms. The highest BCUT2D eigenvalue weighted by Gasteiger charge is 2.46. The normalized spacial score (nSPS) is 32.7. The number of rotatable bonds is 6. The molecule has 2 saturated heterocycles. The lowest BCUT2D eigenvalue weighted by atomic mass is 9.76. The monoisotopic (exact) mass is 285 g/mol. The van der Waals surface area contributed by atoms with Crippen LogP contribution < -0.4 is 5.32 Å². The van der Waals surface area contributed by atoms with Gasteiger partial charge in [0.25, 0.3) is 0 Å². The smallest absolute Gasteiger partial charge is 0.0939 e. The molecule has 0 saturated carbocycles. The molecule has 4 heteroatoms. The summed E-state index contributed by atoms with van der Waals surface area (Å²) in [5, 5.41) is 3.72. The van der Waals surface area contributed by atoms with Gasteiger partial charge >= 0.3 is 0 Å². The molecule has 2 heterocycles. The van der Waals surface area contributed by atoms with Crippen molar-refractivity contribution in [3.63, 3.8) is 0 Å². The fraction of sp³-hybridized carbons (Fsp3) is 1.00. The van der Waals surface area contributed by atoms with Gasteiger partial charge in [-0.05, 0) is 45.6 Å². The highest BCUT2D eigenvalue weighted by molar-refractivity contribution is 4.98. The summed E-state index contributed by atoms with van der Waals surface area (Å²) in [6.45, 7) is 10.1. The fourth-order valence-electron chi connectivity index (χ4n) is 3.62. The minimum Gasteiger partial charge on any atom is -0.378 e. The minimum atomic E-state index is -0.155. The van der Waals surface area contributed by atoms with Gasteiger partial charge in [-0.2, -0.15) is 0 Å². The van der Waals surface area contributed by atoms with Crippen LogP contribution in [0.25, 0.3) is 0 Å². The van der Waals surface area contributed by atoms with Crippen LogP contribution in [0.3, 0.4) is 0 Å². The van der Waals surface area contributed by atoms with Crippen LogP contribution in [-0.4, -0.2) is 50.7 Å². The maximum Gasteiger partial charge on any atom is 0.0939 e. The zero-order valence-electron chi connectivity index (χ0n) is 13.5. The van der Waals surface area contributed by atoms with E-state index in [-0.39, 0.29) is 11.2 Å². The molecule has 0 amide bonds. The van der Waals surface area contributed by atoms with Crippen molar-refractivity contribution in [3.8, 4) is 0 Å². The maximum absolute atomic E-state index is 6.06. The van der Waals surface area contributed by atoms with E-state index in [0.29, 0.717) is 12.0 Å². The summed E-state index contributed by atoms with van der Waals surface area (Å²) in [7, 11) is 1.81. The molecule has 3 unspecified atom stereocenters. The summed E-state index contributed by atoms with van der Waals surface area (Å²) < 4.78 is 17.4. The Hall–Kier alpha value is -0.160. The van der Waals surface area contributed by atoms with Crippen molar-refractivity contribution in [1.29, 1.82) is 0 Å². The molecule has 2 rings (SSSR count). The lowest BCUT2D eigenvalue weighted by Crippen LogP contribution is -2.56. The second kappa shape index (κ2) is 6.73. The van der Waals surface area contributed by atoms with Gasteiger partial charge in [-0.25, -0.2) is 0 Å². The van der Waals surface area contributed by atoms with Gasteiger partial charge in [-0.3, -0.25) is 0 Å². The third kappa shape index (κ3) is 3.53. The van der Waals surface area contributed by atoms with Crippen LogP contribution in [0.2, 0.25) is 0 Å². The van der Waals surface area contributed by atoms with E-state index in [4.69, 9.17) is 14.2 Å². The van der Waals surface area contributed by atoms with Crippen LogP contribution in [0.1, 0.15) is 46.5 Å². The third-order valence-corrected chi connectivity index (χ3v) is 4.96. The molecule has 2 fully saturated rings. The molecule has 3 atom stereocenters. The summed E-state index contributed by atoms with van der Waals surface area (Å²) in [4.78, 5) is 0. The van der Waals surface area contributed by atoms with E-state index in [0.717, 1.165) is 52.0 Å². The van der Waals surface area contributed by atoms with E-state index in [9.17, 15) is 0 Å². The number of nitrogens with one attached hydrogen (secondary N) is 1. The van der Waals surface area contributed by atoms with Crippen molar-refractivity contribution in [1.82, 2.24) is 5.32 Å². The first kappa shape index (κ1) is 16.2. The predicted octanol–water partition coefficient (Wildman–Crippen LogP) is 2.37. The highest BCUT2D eigenvalue weighted by atomic mass is 16.6. The second-order valence-electron chi connectivity index (χ2n) is 6.83. The summed E-state index contributed by atoms with van der Waals surface area (Å²) in [6.07, 6.45) is 4.38. The Morgan fingerprint density at radius 3 is 2.80 bits per heavy atom. The van der Waals surface area contributed by atoms with E-state index < -0.39 is 0 Å². The van der Waals surface area contributed by atoms with Crippen LogP contribution in [-0.2, 0) is 14.2 Å². The van der Waals surface area contributed by atoms with Crippen LogP contribution in [0.4, 0.5) is 0 Å². The SMILES string of the molecule is CCCNC(C1CCOC2(CCOC2)C1)C(C)(C)OC. The number of hydrogen-bond donors (Lipinski definition) is 1. The van der Waals surface area contributed by atoms with E-state index in [1.54, 1.807) is 0 Å². The van der Waals surface area contributed by atoms with E-state index >= 15 is 0 Å². The van der Waals surface area contributed by atoms with Gasteiger partial charge in [-0.1, -0.05) is 6.92 Å². The first-order valence-corrected chi connectivity index (χ1v) is 8.03. The van der Waals surface area contributed by atoms with Crippen LogP contribution >= 0.6 is 0 Å². The van der Waals surface area contributed by atoms with E-state index in [1.807, 2.05) is 7.11 Å². The average molecular weight is 285 g/mol. The molecule has 0 aromatic heterocycles. The van der Waals surface area contributed by atoms with Crippen LogP contribution in [0.15, 0.2) is 0 Å². The summed E-state index contributed by atoms with van der Waals surface area (Å²) in [5.41, 5.74) is -0.184. The van der Waals surface area contributed by atoms with Crippen molar-refractivity contribution in [2.24, 2.45) is 5.92 Å². The molecule has 0 aromatic rings. The Morgan fingerprint density at radius 1 is 1.40 bits per heavy atom. The molecule has 118 valence electrons. The van der Waals surface area contributed by atoms with Gasteiger partial charge in [0.15, 0.2) is 0 Å². The standard InChI is InChI=1S/C16H31NO3/c1-5-8-17-14(15(2,3)18-4)13-6-9-20-16(11-13)7-10-19-12-16/h13-14,17H,5-12H2,1-4H3. The molecule has 0 radical (unpaired) electrons. The second-order valence-corrected chi connectivity index (χ2v) is 6.83. The highest BCUT2D eigenvalue weighted by Crippen LogP contribution is 2.39. The fourth-order valence-corrected chi connectivity index (χ4v) is 3.62. The molecule has 0 bridgehead atoms. The topological polar surface area (TPSA) is 39.7 Å². The molecule has 2 aliphatic rings. The first-order chi connectivity index (χ1) is 9.53. The molecule has 0 aromatic carbocycles. The van der Waals surface area contributed by atoms with Crippen LogP contribution in [0, 0.1) is 5.92 Å². The Kier molecular flexibility index (Phi) is 5.46. The lowest BCUT2D eigenvalue weighted by Gasteiger charge is -2.45. The van der Waals surface area contributed by atoms with Crippen molar-refractivity contribution in [2.45, 2.75) is 63.7 Å². The Labute approximate surface area is 123 Å². The molecular weight excluding hydrogens is 254 g/mol. The van der Waals surface area contributed by atoms with Crippen molar-refractivity contribution in [3.05, 3.63) is 0 Å². The summed E-state index contributed by atoms with van der Waals surface area (Å²) in [5.74, 6) is 0.590. The van der Waals surface area contributed by atoms with Gasteiger partial charge in [0.05, 0.1) is 17.8 Å². The first-order valence-electron chi connectivity index (χ1n) is 8.03. The van der Waals surface area contributed by atoms with Gasteiger partial charge in [-0.15, -0.1) is 0 Å². The van der Waals surface area contributed by atoms with Crippen molar-refractivity contribution in [2.75, 3.05) is 33.5 Å².